The van der Waals surface area contributed by atoms with Gasteiger partial charge in [0.2, 0.25) is 0 Å². The third-order valence-corrected chi connectivity index (χ3v) is 1.90. The lowest BCUT2D eigenvalue weighted by Crippen LogP contribution is -2.26. The van der Waals surface area contributed by atoms with E-state index in [1.807, 2.05) is 0 Å². The number of rotatable bonds is 3. The van der Waals surface area contributed by atoms with Crippen molar-refractivity contribution < 1.29 is 14.9 Å². The van der Waals surface area contributed by atoms with E-state index in [2.05, 4.69) is 20.8 Å². The van der Waals surface area contributed by atoms with Gasteiger partial charge in [0.15, 0.2) is 0 Å². The standard InChI is InChI=1S/C9H18O.C2H6O2/c1-9(2,3)7-10-8-5-4-6-8;3-1-2-4/h8H,4-7H2,1-3H3;3-4H,1-2H2. The highest BCUT2D eigenvalue weighted by molar-refractivity contribution is 4.70. The molecule has 1 saturated carbocycles. The van der Waals surface area contributed by atoms with Crippen LogP contribution in [0.15, 0.2) is 0 Å². The van der Waals surface area contributed by atoms with Crippen molar-refractivity contribution in [2.24, 2.45) is 5.41 Å². The van der Waals surface area contributed by atoms with Gasteiger partial charge in [-0.3, -0.25) is 0 Å². The largest absolute Gasteiger partial charge is 0.394 e. The highest BCUT2D eigenvalue weighted by Gasteiger charge is 2.20. The van der Waals surface area contributed by atoms with E-state index in [1.165, 1.54) is 19.3 Å². The number of hydrogen-bond acceptors (Lipinski definition) is 3. The van der Waals surface area contributed by atoms with Crippen molar-refractivity contribution >= 4 is 0 Å². The van der Waals surface area contributed by atoms with Crippen LogP contribution in [0.4, 0.5) is 0 Å². The van der Waals surface area contributed by atoms with Crippen LogP contribution in [0.5, 0.6) is 0 Å². The predicted molar refractivity (Wildman–Crippen MR) is 57.2 cm³/mol. The van der Waals surface area contributed by atoms with E-state index in [0.717, 1.165) is 6.61 Å². The second kappa shape index (κ2) is 7.21. The van der Waals surface area contributed by atoms with E-state index in [1.54, 1.807) is 0 Å². The molecule has 0 spiro atoms. The first-order chi connectivity index (χ1) is 6.49. The van der Waals surface area contributed by atoms with E-state index in [4.69, 9.17) is 14.9 Å². The molecule has 0 unspecified atom stereocenters. The maximum Gasteiger partial charge on any atom is 0.0662 e. The summed E-state index contributed by atoms with van der Waals surface area (Å²) in [6.07, 6.45) is 4.54. The Kier molecular flexibility index (Phi) is 7.15. The van der Waals surface area contributed by atoms with Crippen LogP contribution < -0.4 is 0 Å². The molecular formula is C11H24O3. The zero-order valence-corrected chi connectivity index (χ0v) is 9.62. The summed E-state index contributed by atoms with van der Waals surface area (Å²) in [6.45, 7) is 7.31. The van der Waals surface area contributed by atoms with Crippen molar-refractivity contribution in [3.05, 3.63) is 0 Å². The van der Waals surface area contributed by atoms with Gasteiger partial charge in [-0.15, -0.1) is 0 Å². The van der Waals surface area contributed by atoms with E-state index in [-0.39, 0.29) is 13.2 Å². The van der Waals surface area contributed by atoms with E-state index < -0.39 is 0 Å². The highest BCUT2D eigenvalue weighted by atomic mass is 16.5. The van der Waals surface area contributed by atoms with Crippen molar-refractivity contribution in [3.8, 4) is 0 Å². The molecule has 1 aliphatic carbocycles. The molecule has 0 radical (unpaired) electrons. The molecular weight excluding hydrogens is 180 g/mol. The van der Waals surface area contributed by atoms with E-state index in [9.17, 15) is 0 Å². The Bertz CT molecular complexity index is 123. The fourth-order valence-corrected chi connectivity index (χ4v) is 0.905. The van der Waals surface area contributed by atoms with Crippen LogP contribution in [0.2, 0.25) is 0 Å². The Hall–Kier alpha value is -0.120. The molecule has 0 aromatic carbocycles. The summed E-state index contributed by atoms with van der Waals surface area (Å²) in [4.78, 5) is 0. The molecule has 0 saturated heterocycles. The molecule has 0 aromatic heterocycles. The Morgan fingerprint density at radius 3 is 1.86 bits per heavy atom. The van der Waals surface area contributed by atoms with Gasteiger partial charge in [0.05, 0.1) is 25.9 Å². The molecule has 3 nitrogen and oxygen atoms in total. The maximum absolute atomic E-state index is 7.62. The number of hydrogen-bond donors (Lipinski definition) is 2. The predicted octanol–water partition coefficient (Wildman–Crippen LogP) is 1.57. The molecule has 1 fully saturated rings. The number of aliphatic hydroxyl groups excluding tert-OH is 2. The van der Waals surface area contributed by atoms with Gasteiger partial charge < -0.3 is 14.9 Å². The molecule has 0 aliphatic heterocycles. The summed E-state index contributed by atoms with van der Waals surface area (Å²) in [5.41, 5.74) is 0.343. The van der Waals surface area contributed by atoms with Crippen molar-refractivity contribution in [1.82, 2.24) is 0 Å². The molecule has 86 valence electrons. The van der Waals surface area contributed by atoms with Gasteiger partial charge in [0.1, 0.15) is 0 Å². The lowest BCUT2D eigenvalue weighted by Gasteiger charge is -2.29. The summed E-state index contributed by atoms with van der Waals surface area (Å²) in [5, 5.41) is 15.2. The molecule has 0 heterocycles. The minimum Gasteiger partial charge on any atom is -0.394 e. The van der Waals surface area contributed by atoms with Gasteiger partial charge >= 0.3 is 0 Å². The number of ether oxygens (including phenoxy) is 1. The SMILES string of the molecule is CC(C)(C)COC1CCC1.OCCO. The Morgan fingerprint density at radius 1 is 1.14 bits per heavy atom. The van der Waals surface area contributed by atoms with Crippen LogP contribution in [0.1, 0.15) is 40.0 Å². The molecule has 1 rings (SSSR count). The number of aliphatic hydroxyl groups is 2. The van der Waals surface area contributed by atoms with Crippen LogP contribution in [-0.2, 0) is 4.74 Å². The Balaban J connectivity index is 0.000000364. The fourth-order valence-electron chi connectivity index (χ4n) is 0.905. The van der Waals surface area contributed by atoms with Gasteiger partial charge in [-0.05, 0) is 24.7 Å². The fraction of sp³-hybridized carbons (Fsp3) is 1.00. The molecule has 0 atom stereocenters. The first kappa shape index (κ1) is 13.9. The molecule has 2 N–H and O–H groups in total. The van der Waals surface area contributed by atoms with Crippen LogP contribution >= 0.6 is 0 Å². The van der Waals surface area contributed by atoms with Gasteiger partial charge in [0.25, 0.3) is 0 Å². The minimum absolute atomic E-state index is 0.125. The highest BCUT2D eigenvalue weighted by Crippen LogP contribution is 2.24. The second-order valence-electron chi connectivity index (χ2n) is 4.87. The van der Waals surface area contributed by atoms with Crippen LogP contribution in [0.25, 0.3) is 0 Å². The van der Waals surface area contributed by atoms with Gasteiger partial charge in [-0.25, -0.2) is 0 Å². The van der Waals surface area contributed by atoms with Gasteiger partial charge in [-0.2, -0.15) is 0 Å². The Morgan fingerprint density at radius 2 is 1.64 bits per heavy atom. The van der Waals surface area contributed by atoms with Crippen LogP contribution in [-0.4, -0.2) is 36.1 Å². The summed E-state index contributed by atoms with van der Waals surface area (Å²) in [5.74, 6) is 0. The van der Waals surface area contributed by atoms with Crippen LogP contribution in [0.3, 0.4) is 0 Å². The quantitative estimate of drug-likeness (QED) is 0.733. The molecule has 0 bridgehead atoms. The molecule has 0 aromatic rings. The van der Waals surface area contributed by atoms with Crippen molar-refractivity contribution in [1.29, 1.82) is 0 Å². The van der Waals surface area contributed by atoms with E-state index in [0.29, 0.717) is 11.5 Å². The summed E-state index contributed by atoms with van der Waals surface area (Å²) >= 11 is 0. The monoisotopic (exact) mass is 204 g/mol. The summed E-state index contributed by atoms with van der Waals surface area (Å²) in [6, 6.07) is 0. The second-order valence-corrected chi connectivity index (χ2v) is 4.87. The summed E-state index contributed by atoms with van der Waals surface area (Å²) in [7, 11) is 0. The first-order valence-corrected chi connectivity index (χ1v) is 5.33. The van der Waals surface area contributed by atoms with E-state index >= 15 is 0 Å². The lowest BCUT2D eigenvalue weighted by atomic mass is 9.94. The average molecular weight is 204 g/mol. The average Bonchev–Trinajstić information content (AvgIpc) is 2.00. The third-order valence-electron chi connectivity index (χ3n) is 1.90. The van der Waals surface area contributed by atoms with Crippen molar-refractivity contribution in [3.63, 3.8) is 0 Å². The topological polar surface area (TPSA) is 49.7 Å². The zero-order chi connectivity index (χ0) is 11.0. The summed E-state index contributed by atoms with van der Waals surface area (Å²) < 4.78 is 5.64. The normalized spacial score (nSPS) is 16.9. The zero-order valence-electron chi connectivity index (χ0n) is 9.62. The molecule has 3 heteroatoms. The maximum atomic E-state index is 7.62. The third kappa shape index (κ3) is 8.48. The first-order valence-electron chi connectivity index (χ1n) is 5.33. The smallest absolute Gasteiger partial charge is 0.0662 e. The van der Waals surface area contributed by atoms with Gasteiger partial charge in [-0.1, -0.05) is 20.8 Å². The van der Waals surface area contributed by atoms with Gasteiger partial charge in [0, 0.05) is 0 Å². The van der Waals surface area contributed by atoms with Crippen LogP contribution in [0, 0.1) is 5.41 Å². The lowest BCUT2D eigenvalue weighted by molar-refractivity contribution is -0.0310. The minimum atomic E-state index is -0.125. The van der Waals surface area contributed by atoms with Crippen molar-refractivity contribution in [2.45, 2.75) is 46.1 Å². The molecule has 1 aliphatic rings. The van der Waals surface area contributed by atoms with Crippen molar-refractivity contribution in [2.75, 3.05) is 19.8 Å². The molecule has 14 heavy (non-hydrogen) atoms. The Labute approximate surface area is 87.1 Å². The molecule has 0 amide bonds.